The van der Waals surface area contributed by atoms with Crippen molar-refractivity contribution < 1.29 is 4.57 Å². The van der Waals surface area contributed by atoms with Gasteiger partial charge in [-0.1, -0.05) is 75.9 Å². The van der Waals surface area contributed by atoms with Crippen LogP contribution in [0, 0.1) is 20.2 Å². The molecule has 0 unspecified atom stereocenters. The Labute approximate surface area is 195 Å². The molecule has 3 heteroatoms. The van der Waals surface area contributed by atoms with Gasteiger partial charge in [0.2, 0.25) is 0 Å². The van der Waals surface area contributed by atoms with Gasteiger partial charge in [-0.15, -0.1) is 0 Å². The van der Waals surface area contributed by atoms with Crippen LogP contribution in [0.15, 0.2) is 58.3 Å². The number of fused-ring (bicyclic) bond motifs is 3. The first kappa shape index (κ1) is 20.1. The average Bonchev–Trinajstić information content (AvgIpc) is 3.12. The second-order valence-corrected chi connectivity index (χ2v) is 12.0. The minimum atomic E-state index is 0.191. The van der Waals surface area contributed by atoms with E-state index in [4.69, 9.17) is 0 Å². The van der Waals surface area contributed by atoms with Crippen LogP contribution < -0.4 is 4.57 Å². The van der Waals surface area contributed by atoms with E-state index in [0.717, 1.165) is 0 Å². The Morgan fingerprint density at radius 1 is 0.844 bits per heavy atom. The molecule has 32 heavy (non-hydrogen) atoms. The van der Waals surface area contributed by atoms with Gasteiger partial charge in [0, 0.05) is 9.79 Å². The molecule has 0 spiro atoms. The first-order valence-corrected chi connectivity index (χ1v) is 12.4. The maximum absolute atomic E-state index is 3.76. The molecule has 2 nitrogen and oxygen atoms in total. The standard InChI is InChI=1S/C29H30N2S/c1-18-9-7-10-19(2)26(18)30-17-31-23-15-20-21(29(5,6)14-13-28(20,3)4)16-25(23)32-24-12-8-11-22(30)27(24)31/h7-12,15-16H,13-14H2,1-6H3. The Kier molecular flexibility index (Phi) is 4.09. The first-order valence-electron chi connectivity index (χ1n) is 11.6. The summed E-state index contributed by atoms with van der Waals surface area (Å²) < 4.78 is 4.59. The molecule has 2 aliphatic rings. The van der Waals surface area contributed by atoms with E-state index in [9.17, 15) is 0 Å². The largest absolute Gasteiger partial charge is 0.291 e. The van der Waals surface area contributed by atoms with E-state index >= 15 is 0 Å². The normalized spacial score (nSPS) is 17.8. The molecule has 6 rings (SSSR count). The Morgan fingerprint density at radius 3 is 2.16 bits per heavy atom. The molecule has 0 N–H and O–H groups in total. The van der Waals surface area contributed by atoms with Gasteiger partial charge >= 0.3 is 0 Å². The van der Waals surface area contributed by atoms with Crippen molar-refractivity contribution in [1.29, 1.82) is 0 Å². The second-order valence-electron chi connectivity index (χ2n) is 10.9. The molecule has 0 bridgehead atoms. The predicted octanol–water partition coefficient (Wildman–Crippen LogP) is 7.14. The highest BCUT2D eigenvalue weighted by Crippen LogP contribution is 2.49. The minimum Gasteiger partial charge on any atom is -0.291 e. The highest BCUT2D eigenvalue weighted by molar-refractivity contribution is 7.99. The van der Waals surface area contributed by atoms with Crippen molar-refractivity contribution in [1.82, 2.24) is 4.57 Å². The summed E-state index contributed by atoms with van der Waals surface area (Å²) in [7, 11) is 0. The van der Waals surface area contributed by atoms with Crippen molar-refractivity contribution in [3.05, 3.63) is 77.1 Å². The number of hydrogen-bond donors (Lipinski definition) is 0. The lowest BCUT2D eigenvalue weighted by molar-refractivity contribution is -0.577. The van der Waals surface area contributed by atoms with Crippen LogP contribution in [0.5, 0.6) is 0 Å². The van der Waals surface area contributed by atoms with Crippen LogP contribution >= 0.6 is 11.8 Å². The van der Waals surface area contributed by atoms with Crippen molar-refractivity contribution in [2.75, 3.05) is 0 Å². The molecular formula is C29H30N2S. The summed E-state index contributed by atoms with van der Waals surface area (Å²) in [6.45, 7) is 14.0. The third kappa shape index (κ3) is 2.70. The van der Waals surface area contributed by atoms with Crippen LogP contribution in [0.1, 0.15) is 62.8 Å². The summed E-state index contributed by atoms with van der Waals surface area (Å²) in [5.41, 5.74) is 11.0. The maximum atomic E-state index is 3.76. The number of aryl methyl sites for hydroxylation is 2. The molecule has 0 saturated carbocycles. The van der Waals surface area contributed by atoms with E-state index in [1.165, 1.54) is 67.3 Å². The molecule has 0 fully saturated rings. The van der Waals surface area contributed by atoms with Crippen LogP contribution in [0.2, 0.25) is 0 Å². The van der Waals surface area contributed by atoms with Gasteiger partial charge in [0.05, 0.1) is 22.4 Å². The molecular weight excluding hydrogens is 408 g/mol. The number of aromatic nitrogens is 2. The molecule has 4 aromatic rings. The summed E-state index contributed by atoms with van der Waals surface area (Å²) in [6, 6.07) is 18.1. The van der Waals surface area contributed by atoms with Gasteiger partial charge in [-0.05, 0) is 71.9 Å². The van der Waals surface area contributed by atoms with Crippen molar-refractivity contribution in [2.45, 2.75) is 75.0 Å². The second kappa shape index (κ2) is 6.51. The Hall–Kier alpha value is -2.52. The third-order valence-corrected chi connectivity index (χ3v) is 8.79. The smallest absolute Gasteiger partial charge is 0.269 e. The zero-order chi connectivity index (χ0) is 22.4. The fraction of sp³-hybridized carbons (Fsp3) is 0.345. The fourth-order valence-electron chi connectivity index (χ4n) is 5.66. The first-order chi connectivity index (χ1) is 15.2. The summed E-state index contributed by atoms with van der Waals surface area (Å²) in [5.74, 6) is 0. The molecule has 1 aliphatic heterocycles. The van der Waals surface area contributed by atoms with Gasteiger partial charge in [0.15, 0.2) is 0 Å². The van der Waals surface area contributed by atoms with E-state index in [-0.39, 0.29) is 10.8 Å². The lowest BCUT2D eigenvalue weighted by Crippen LogP contribution is -2.37. The highest BCUT2D eigenvalue weighted by atomic mass is 32.2. The SMILES string of the molecule is Cc1cccc(C)c1-n1[c-][n+]2c3c(cccc31)Sc1cc3c(cc1-2)C(C)(C)CCC3(C)C. The zero-order valence-electron chi connectivity index (χ0n) is 19.8. The highest BCUT2D eigenvalue weighted by Gasteiger charge is 2.38. The van der Waals surface area contributed by atoms with Crippen molar-refractivity contribution in [3.63, 3.8) is 0 Å². The average molecular weight is 439 g/mol. The molecule has 0 atom stereocenters. The van der Waals surface area contributed by atoms with E-state index in [1.54, 1.807) is 0 Å². The molecule has 1 aliphatic carbocycles. The Morgan fingerprint density at radius 2 is 1.47 bits per heavy atom. The molecule has 162 valence electrons. The van der Waals surface area contributed by atoms with E-state index < -0.39 is 0 Å². The number of hydrogen-bond acceptors (Lipinski definition) is 1. The molecule has 0 amide bonds. The lowest BCUT2D eigenvalue weighted by Gasteiger charge is -2.42. The van der Waals surface area contributed by atoms with E-state index in [1.807, 2.05) is 11.8 Å². The van der Waals surface area contributed by atoms with Crippen LogP contribution in [0.4, 0.5) is 0 Å². The summed E-state index contributed by atoms with van der Waals surface area (Å²) in [6.07, 6.45) is 6.22. The van der Waals surface area contributed by atoms with Crippen LogP contribution in [0.25, 0.3) is 22.4 Å². The maximum Gasteiger partial charge on any atom is 0.269 e. The number of nitrogens with zero attached hydrogens (tertiary/aromatic N) is 2. The summed E-state index contributed by atoms with van der Waals surface area (Å²) in [5, 5.41) is 0. The topological polar surface area (TPSA) is 8.81 Å². The third-order valence-electron chi connectivity index (χ3n) is 7.70. The van der Waals surface area contributed by atoms with Crippen LogP contribution in [0.3, 0.4) is 0 Å². The van der Waals surface area contributed by atoms with Crippen molar-refractivity contribution >= 4 is 22.8 Å². The van der Waals surface area contributed by atoms with Gasteiger partial charge in [-0.3, -0.25) is 9.13 Å². The fourth-order valence-corrected chi connectivity index (χ4v) is 6.77. The number of para-hydroxylation sites is 2. The van der Waals surface area contributed by atoms with E-state index in [0.29, 0.717) is 0 Å². The molecule has 0 saturated heterocycles. The van der Waals surface area contributed by atoms with Crippen LogP contribution in [-0.4, -0.2) is 4.57 Å². The Balaban J connectivity index is 1.67. The summed E-state index contributed by atoms with van der Waals surface area (Å²) >= 11 is 1.91. The monoisotopic (exact) mass is 438 g/mol. The summed E-state index contributed by atoms with van der Waals surface area (Å²) in [4.78, 5) is 2.65. The molecule has 0 radical (unpaired) electrons. The zero-order valence-corrected chi connectivity index (χ0v) is 20.7. The van der Waals surface area contributed by atoms with Gasteiger partial charge in [-0.25, -0.2) is 0 Å². The number of benzene rings is 3. The number of rotatable bonds is 1. The minimum absolute atomic E-state index is 0.191. The van der Waals surface area contributed by atoms with Crippen molar-refractivity contribution in [3.8, 4) is 11.4 Å². The Bertz CT molecular complexity index is 1400. The van der Waals surface area contributed by atoms with Crippen LogP contribution in [-0.2, 0) is 10.8 Å². The predicted molar refractivity (Wildman–Crippen MR) is 133 cm³/mol. The van der Waals surface area contributed by atoms with E-state index in [2.05, 4.69) is 106 Å². The molecule has 3 aromatic carbocycles. The quantitative estimate of drug-likeness (QED) is 0.200. The van der Waals surface area contributed by atoms with Gasteiger partial charge in [0.25, 0.3) is 6.33 Å². The lowest BCUT2D eigenvalue weighted by atomic mass is 9.63. The van der Waals surface area contributed by atoms with Gasteiger partial charge in [0.1, 0.15) is 0 Å². The van der Waals surface area contributed by atoms with Gasteiger partial charge < -0.3 is 0 Å². The van der Waals surface area contributed by atoms with Gasteiger partial charge in [-0.2, -0.15) is 0 Å². The van der Waals surface area contributed by atoms with Crippen molar-refractivity contribution in [2.24, 2.45) is 0 Å². The number of imidazole rings is 1. The molecule has 2 heterocycles. The molecule has 1 aromatic heterocycles.